The van der Waals surface area contributed by atoms with Crippen LogP contribution in [0.4, 0.5) is 0 Å². The second-order valence-electron chi connectivity index (χ2n) is 12.0. The highest BCUT2D eigenvalue weighted by Crippen LogP contribution is 2.42. The molecule has 0 spiro atoms. The molecule has 0 aliphatic heterocycles. The van der Waals surface area contributed by atoms with E-state index in [1.54, 1.807) is 0 Å². The Morgan fingerprint density at radius 3 is 1.63 bits per heavy atom. The number of hydrogen-bond acceptors (Lipinski definition) is 7. The molecule has 1 N–H and O–H groups in total. The number of carbonyl (C=O) groups is 2. The lowest BCUT2D eigenvalue weighted by Crippen LogP contribution is -2.29. The van der Waals surface area contributed by atoms with Gasteiger partial charge in [-0.1, -0.05) is 121 Å². The zero-order valence-electron chi connectivity index (χ0n) is 29.5. The van der Waals surface area contributed by atoms with Crippen LogP contribution in [0.15, 0.2) is 36.5 Å². The van der Waals surface area contributed by atoms with E-state index < -0.39 is 26.5 Å². The number of unbranched alkanes of at least 4 members (excludes halogenated alkanes) is 16. The Morgan fingerprint density at radius 2 is 1.09 bits per heavy atom. The zero-order valence-corrected chi connectivity index (χ0v) is 30.4. The molecule has 8 nitrogen and oxygen atoms in total. The fourth-order valence-corrected chi connectivity index (χ4v) is 5.21. The molecule has 0 aliphatic rings. The molecule has 0 radical (unpaired) electrons. The molecule has 0 saturated carbocycles. The van der Waals surface area contributed by atoms with Gasteiger partial charge in [-0.05, 0) is 64.2 Å². The van der Waals surface area contributed by atoms with E-state index in [1.807, 2.05) is 0 Å². The highest BCUT2D eigenvalue weighted by molar-refractivity contribution is 7.47. The predicted octanol–water partition coefficient (Wildman–Crippen LogP) is 10.9. The van der Waals surface area contributed by atoms with E-state index in [0.29, 0.717) is 6.42 Å². The molecule has 0 rings (SSSR count). The average Bonchev–Trinajstić information content (AvgIpc) is 3.04. The van der Waals surface area contributed by atoms with Gasteiger partial charge in [0.15, 0.2) is 6.10 Å². The minimum absolute atomic E-state index is 0.227. The van der Waals surface area contributed by atoms with Crippen LogP contribution in [0.3, 0.4) is 0 Å². The Kier molecular flexibility index (Phi) is 31.9. The summed E-state index contributed by atoms with van der Waals surface area (Å²) >= 11 is 0. The van der Waals surface area contributed by atoms with E-state index in [4.69, 9.17) is 14.0 Å². The summed E-state index contributed by atoms with van der Waals surface area (Å²) in [7, 11) is -3.21. The van der Waals surface area contributed by atoms with Crippen LogP contribution in [0.25, 0.3) is 0 Å². The summed E-state index contributed by atoms with van der Waals surface area (Å²) in [6.07, 6.45) is 36.2. The molecule has 0 bridgehead atoms. The third-order valence-corrected chi connectivity index (χ3v) is 8.52. The minimum atomic E-state index is -4.26. The van der Waals surface area contributed by atoms with E-state index in [1.165, 1.54) is 44.9 Å². The second kappa shape index (κ2) is 33.2. The normalized spacial score (nSPS) is 13.9. The number of allylic oxidation sites excluding steroid dienone is 6. The lowest BCUT2D eigenvalue weighted by Gasteiger charge is -2.19. The smallest absolute Gasteiger partial charge is 0.462 e. The lowest BCUT2D eigenvalue weighted by molar-refractivity contribution is -0.161. The molecule has 2 atom stereocenters. The molecule has 0 aromatic rings. The molecule has 0 fully saturated rings. The standard InChI is InChI=1S/C37H67O8P/c1-4-6-8-10-12-14-16-18-20-21-23-25-27-29-31-36(38)43-33-35(34-44-46(40,41)42-3)45-37(39)32-30-28-26-24-22-19-17-15-13-11-9-7-5-2/h9,11,15-18,35H,4-8,10,12-14,19-34H2,1-3H3,(H,40,41)/b11-9-,17-15-,18-16-. The highest BCUT2D eigenvalue weighted by atomic mass is 31.2. The number of ether oxygens (including phenoxy) is 2. The zero-order chi connectivity index (χ0) is 34.0. The maximum Gasteiger partial charge on any atom is 0.472 e. The SMILES string of the molecule is CCC/C=C\C/C=C\CCCCCCCC(=O)OC(COC(=O)CCCCCCC/C=C\CCCCCCC)COP(=O)(O)OC. The fourth-order valence-electron chi connectivity index (χ4n) is 4.75. The predicted molar refractivity (Wildman–Crippen MR) is 189 cm³/mol. The molecule has 46 heavy (non-hydrogen) atoms. The number of hydrogen-bond donors (Lipinski definition) is 1. The highest BCUT2D eigenvalue weighted by Gasteiger charge is 2.24. The Bertz CT molecular complexity index is 854. The van der Waals surface area contributed by atoms with Crippen molar-refractivity contribution in [3.05, 3.63) is 36.5 Å². The van der Waals surface area contributed by atoms with Gasteiger partial charge < -0.3 is 14.4 Å². The van der Waals surface area contributed by atoms with E-state index >= 15 is 0 Å². The van der Waals surface area contributed by atoms with Gasteiger partial charge in [0.05, 0.1) is 6.61 Å². The summed E-state index contributed by atoms with van der Waals surface area (Å²) < 4.78 is 31.8. The van der Waals surface area contributed by atoms with Crippen molar-refractivity contribution < 1.29 is 37.6 Å². The lowest BCUT2D eigenvalue weighted by atomic mass is 10.1. The molecule has 0 heterocycles. The number of esters is 2. The molecule has 9 heteroatoms. The summed E-state index contributed by atoms with van der Waals surface area (Å²) in [5.74, 6) is -0.833. The first kappa shape index (κ1) is 44.3. The number of carbonyl (C=O) groups excluding carboxylic acids is 2. The van der Waals surface area contributed by atoms with E-state index in [-0.39, 0.29) is 25.4 Å². The van der Waals surface area contributed by atoms with Gasteiger partial charge in [0.1, 0.15) is 6.61 Å². The fraction of sp³-hybridized carbons (Fsp3) is 0.784. The van der Waals surface area contributed by atoms with Gasteiger partial charge in [-0.25, -0.2) is 4.57 Å². The molecular weight excluding hydrogens is 603 g/mol. The van der Waals surface area contributed by atoms with Crippen LogP contribution in [-0.4, -0.2) is 43.3 Å². The largest absolute Gasteiger partial charge is 0.472 e. The van der Waals surface area contributed by atoms with E-state index in [2.05, 4.69) is 54.8 Å². The third-order valence-electron chi connectivity index (χ3n) is 7.59. The van der Waals surface area contributed by atoms with Gasteiger partial charge in [-0.2, -0.15) is 0 Å². The maximum atomic E-state index is 12.4. The summed E-state index contributed by atoms with van der Waals surface area (Å²) in [6.45, 7) is 3.77. The summed E-state index contributed by atoms with van der Waals surface area (Å²) in [5.41, 5.74) is 0. The van der Waals surface area contributed by atoms with E-state index in [9.17, 15) is 19.0 Å². The first-order chi connectivity index (χ1) is 22.3. The number of phosphoric ester groups is 1. The van der Waals surface area contributed by atoms with Crippen molar-refractivity contribution in [2.45, 2.75) is 168 Å². The topological polar surface area (TPSA) is 108 Å². The Labute approximate surface area is 281 Å². The molecule has 0 aliphatic carbocycles. The van der Waals surface area contributed by atoms with Gasteiger partial charge >= 0.3 is 19.8 Å². The van der Waals surface area contributed by atoms with Gasteiger partial charge in [-0.3, -0.25) is 18.6 Å². The second-order valence-corrected chi connectivity index (χ2v) is 13.6. The summed E-state index contributed by atoms with van der Waals surface area (Å²) in [6, 6.07) is 0. The third kappa shape index (κ3) is 32.2. The first-order valence-electron chi connectivity index (χ1n) is 18.2. The van der Waals surface area contributed by atoms with Crippen LogP contribution >= 0.6 is 7.82 Å². The Hall–Kier alpha value is -1.73. The quantitative estimate of drug-likeness (QED) is 0.0318. The van der Waals surface area contributed by atoms with Crippen molar-refractivity contribution in [3.63, 3.8) is 0 Å². The number of phosphoric acid groups is 1. The van der Waals surface area contributed by atoms with Crippen molar-refractivity contribution in [1.29, 1.82) is 0 Å². The van der Waals surface area contributed by atoms with Crippen LogP contribution in [0.5, 0.6) is 0 Å². The molecule has 268 valence electrons. The molecular formula is C37H67O8P. The van der Waals surface area contributed by atoms with Gasteiger partial charge in [-0.15, -0.1) is 0 Å². The van der Waals surface area contributed by atoms with Crippen LogP contribution < -0.4 is 0 Å². The molecule has 0 amide bonds. The van der Waals surface area contributed by atoms with E-state index in [0.717, 1.165) is 90.6 Å². The van der Waals surface area contributed by atoms with Crippen LogP contribution in [0, 0.1) is 0 Å². The van der Waals surface area contributed by atoms with Crippen LogP contribution in [0.1, 0.15) is 162 Å². The monoisotopic (exact) mass is 670 g/mol. The molecule has 2 unspecified atom stereocenters. The van der Waals surface area contributed by atoms with Crippen molar-refractivity contribution in [2.24, 2.45) is 0 Å². The Morgan fingerprint density at radius 1 is 0.609 bits per heavy atom. The van der Waals surface area contributed by atoms with Gasteiger partial charge in [0, 0.05) is 20.0 Å². The minimum Gasteiger partial charge on any atom is -0.462 e. The summed E-state index contributed by atoms with van der Waals surface area (Å²) in [4.78, 5) is 34.2. The van der Waals surface area contributed by atoms with Crippen molar-refractivity contribution >= 4 is 19.8 Å². The van der Waals surface area contributed by atoms with Crippen molar-refractivity contribution in [2.75, 3.05) is 20.3 Å². The van der Waals surface area contributed by atoms with Crippen molar-refractivity contribution in [3.8, 4) is 0 Å². The maximum absolute atomic E-state index is 12.4. The average molecular weight is 671 g/mol. The first-order valence-corrected chi connectivity index (χ1v) is 19.7. The molecule has 0 saturated heterocycles. The Balaban J connectivity index is 4.12. The molecule has 0 aromatic heterocycles. The van der Waals surface area contributed by atoms with Gasteiger partial charge in [0.2, 0.25) is 0 Å². The van der Waals surface area contributed by atoms with Crippen LogP contribution in [0.2, 0.25) is 0 Å². The summed E-state index contributed by atoms with van der Waals surface area (Å²) in [5, 5.41) is 0. The van der Waals surface area contributed by atoms with Crippen molar-refractivity contribution in [1.82, 2.24) is 0 Å². The van der Waals surface area contributed by atoms with Gasteiger partial charge in [0.25, 0.3) is 0 Å². The molecule has 0 aromatic carbocycles. The number of rotatable bonds is 33. The van der Waals surface area contributed by atoms with Crippen LogP contribution in [-0.2, 0) is 32.7 Å².